The molecule has 0 spiro atoms. The fourth-order valence-electron chi connectivity index (χ4n) is 2.90. The van der Waals surface area contributed by atoms with Crippen LogP contribution in [0, 0.1) is 5.92 Å². The lowest BCUT2D eigenvalue weighted by molar-refractivity contribution is -0.139. The number of nitrogens with two attached hydrogens (primary N) is 1. The molecule has 0 aromatic carbocycles. The van der Waals surface area contributed by atoms with E-state index in [4.69, 9.17) is 5.73 Å². The minimum Gasteiger partial charge on any atom is -0.329 e. The van der Waals surface area contributed by atoms with E-state index in [1.807, 2.05) is 0 Å². The standard InChI is InChI=1S/C18H32N2O2/c1-2-3-4-5-6-7-8-9-10-11-12-16-15-17(21)20(14-13-19)18(16)22/h10-11,16H,2-9,12-15,19H2,1H3/b11-10+. The maximum absolute atomic E-state index is 12.0. The van der Waals surface area contributed by atoms with E-state index in [0.717, 1.165) is 6.42 Å². The van der Waals surface area contributed by atoms with E-state index in [2.05, 4.69) is 19.1 Å². The van der Waals surface area contributed by atoms with Gasteiger partial charge < -0.3 is 5.73 Å². The summed E-state index contributed by atoms with van der Waals surface area (Å²) in [7, 11) is 0. The fourth-order valence-corrected chi connectivity index (χ4v) is 2.90. The summed E-state index contributed by atoms with van der Waals surface area (Å²) in [5.41, 5.74) is 5.42. The summed E-state index contributed by atoms with van der Waals surface area (Å²) in [6, 6.07) is 0. The van der Waals surface area contributed by atoms with Crippen LogP contribution in [0.3, 0.4) is 0 Å². The molecule has 0 aliphatic carbocycles. The number of rotatable bonds is 12. The molecule has 1 unspecified atom stereocenters. The molecule has 0 aromatic heterocycles. The van der Waals surface area contributed by atoms with Gasteiger partial charge in [0.05, 0.1) is 5.92 Å². The van der Waals surface area contributed by atoms with E-state index >= 15 is 0 Å². The molecule has 126 valence electrons. The molecule has 1 aliphatic rings. The number of hydrogen-bond acceptors (Lipinski definition) is 3. The maximum atomic E-state index is 12.0. The maximum Gasteiger partial charge on any atom is 0.233 e. The number of unbranched alkanes of at least 4 members (excludes halogenated alkanes) is 7. The molecule has 2 amide bonds. The van der Waals surface area contributed by atoms with Crippen molar-refractivity contribution >= 4 is 11.8 Å². The molecule has 0 radical (unpaired) electrons. The second-order valence-electron chi connectivity index (χ2n) is 6.19. The van der Waals surface area contributed by atoms with E-state index in [0.29, 0.717) is 25.9 Å². The Morgan fingerprint density at radius 3 is 2.45 bits per heavy atom. The molecular formula is C18H32N2O2. The Kier molecular flexibility index (Phi) is 9.80. The Labute approximate surface area is 135 Å². The van der Waals surface area contributed by atoms with Crippen molar-refractivity contribution in [2.24, 2.45) is 11.7 Å². The smallest absolute Gasteiger partial charge is 0.233 e. The third-order valence-electron chi connectivity index (χ3n) is 4.25. The van der Waals surface area contributed by atoms with Crippen molar-refractivity contribution in [2.45, 2.75) is 71.1 Å². The van der Waals surface area contributed by atoms with Gasteiger partial charge in [-0.2, -0.15) is 0 Å². The van der Waals surface area contributed by atoms with Gasteiger partial charge in [0.2, 0.25) is 11.8 Å². The van der Waals surface area contributed by atoms with Crippen molar-refractivity contribution in [3.63, 3.8) is 0 Å². The van der Waals surface area contributed by atoms with E-state index in [1.165, 1.54) is 49.8 Å². The summed E-state index contributed by atoms with van der Waals surface area (Å²) in [4.78, 5) is 25.0. The Balaban J connectivity index is 2.08. The van der Waals surface area contributed by atoms with Crippen LogP contribution in [-0.2, 0) is 9.59 Å². The first-order valence-electron chi connectivity index (χ1n) is 8.90. The first-order valence-corrected chi connectivity index (χ1v) is 8.90. The van der Waals surface area contributed by atoms with Gasteiger partial charge in [0.25, 0.3) is 0 Å². The van der Waals surface area contributed by atoms with Gasteiger partial charge in [0.15, 0.2) is 0 Å². The van der Waals surface area contributed by atoms with Crippen LogP contribution in [0.5, 0.6) is 0 Å². The first kappa shape index (κ1) is 18.9. The van der Waals surface area contributed by atoms with Crippen LogP contribution in [0.2, 0.25) is 0 Å². The summed E-state index contributed by atoms with van der Waals surface area (Å²) < 4.78 is 0. The molecule has 1 aliphatic heterocycles. The predicted molar refractivity (Wildman–Crippen MR) is 90.2 cm³/mol. The topological polar surface area (TPSA) is 63.4 Å². The third-order valence-corrected chi connectivity index (χ3v) is 4.25. The van der Waals surface area contributed by atoms with Gasteiger partial charge in [-0.1, -0.05) is 57.6 Å². The monoisotopic (exact) mass is 308 g/mol. The number of imide groups is 1. The molecule has 4 nitrogen and oxygen atoms in total. The van der Waals surface area contributed by atoms with Crippen molar-refractivity contribution in [3.8, 4) is 0 Å². The molecule has 0 aromatic rings. The highest BCUT2D eigenvalue weighted by atomic mass is 16.2. The number of carbonyl (C=O) groups excluding carboxylic acids is 2. The average molecular weight is 308 g/mol. The van der Waals surface area contributed by atoms with Crippen molar-refractivity contribution in [1.82, 2.24) is 4.90 Å². The zero-order valence-electron chi connectivity index (χ0n) is 14.1. The molecule has 1 heterocycles. The number of amides is 2. The van der Waals surface area contributed by atoms with Gasteiger partial charge in [-0.3, -0.25) is 14.5 Å². The highest BCUT2D eigenvalue weighted by Crippen LogP contribution is 2.22. The van der Waals surface area contributed by atoms with Crippen molar-refractivity contribution in [2.75, 3.05) is 13.1 Å². The molecule has 4 heteroatoms. The van der Waals surface area contributed by atoms with Gasteiger partial charge in [0, 0.05) is 19.5 Å². The number of hydrogen-bond donors (Lipinski definition) is 1. The van der Waals surface area contributed by atoms with Crippen LogP contribution in [-0.4, -0.2) is 29.8 Å². The molecule has 2 N–H and O–H groups in total. The van der Waals surface area contributed by atoms with Crippen LogP contribution in [0.4, 0.5) is 0 Å². The molecular weight excluding hydrogens is 276 g/mol. The van der Waals surface area contributed by atoms with Gasteiger partial charge in [-0.15, -0.1) is 0 Å². The molecule has 1 fully saturated rings. The zero-order chi connectivity index (χ0) is 16.2. The Morgan fingerprint density at radius 1 is 1.09 bits per heavy atom. The minimum atomic E-state index is -0.163. The van der Waals surface area contributed by atoms with Crippen molar-refractivity contribution in [3.05, 3.63) is 12.2 Å². The van der Waals surface area contributed by atoms with Crippen molar-refractivity contribution in [1.29, 1.82) is 0 Å². The first-order chi connectivity index (χ1) is 10.7. The number of allylic oxidation sites excluding steroid dienone is 2. The van der Waals surface area contributed by atoms with Crippen LogP contribution >= 0.6 is 0 Å². The third kappa shape index (κ3) is 6.73. The molecule has 1 atom stereocenters. The van der Waals surface area contributed by atoms with Crippen LogP contribution in [0.15, 0.2) is 12.2 Å². The summed E-state index contributed by atoms with van der Waals surface area (Å²) in [5, 5.41) is 0. The SMILES string of the molecule is CCCCCCCCC/C=C/CC1CC(=O)N(CCN)C1=O. The van der Waals surface area contributed by atoms with E-state index in [9.17, 15) is 9.59 Å². The van der Waals surface area contributed by atoms with E-state index in [1.54, 1.807) is 0 Å². The quantitative estimate of drug-likeness (QED) is 0.341. The predicted octanol–water partition coefficient (Wildman–Crippen LogP) is 3.41. The highest BCUT2D eigenvalue weighted by molar-refractivity contribution is 6.03. The van der Waals surface area contributed by atoms with E-state index in [-0.39, 0.29) is 17.7 Å². The number of nitrogens with zero attached hydrogens (tertiary/aromatic N) is 1. The second-order valence-corrected chi connectivity index (χ2v) is 6.19. The van der Waals surface area contributed by atoms with Crippen LogP contribution in [0.25, 0.3) is 0 Å². The largest absolute Gasteiger partial charge is 0.329 e. The highest BCUT2D eigenvalue weighted by Gasteiger charge is 2.36. The van der Waals surface area contributed by atoms with Gasteiger partial charge >= 0.3 is 0 Å². The zero-order valence-corrected chi connectivity index (χ0v) is 14.1. The Bertz CT molecular complexity index is 366. The lowest BCUT2D eigenvalue weighted by atomic mass is 10.0. The van der Waals surface area contributed by atoms with Gasteiger partial charge in [-0.05, 0) is 19.3 Å². The average Bonchev–Trinajstić information content (AvgIpc) is 2.77. The van der Waals surface area contributed by atoms with Crippen molar-refractivity contribution < 1.29 is 9.59 Å². The normalized spacial score (nSPS) is 18.8. The summed E-state index contributed by atoms with van der Waals surface area (Å²) in [6.45, 7) is 2.94. The molecule has 0 saturated carbocycles. The molecule has 0 bridgehead atoms. The Morgan fingerprint density at radius 2 is 1.77 bits per heavy atom. The summed E-state index contributed by atoms with van der Waals surface area (Å²) in [6.07, 6.45) is 15.6. The van der Waals surface area contributed by atoms with Crippen LogP contribution < -0.4 is 5.73 Å². The Hall–Kier alpha value is -1.16. The summed E-state index contributed by atoms with van der Waals surface area (Å²) in [5.74, 6) is -0.277. The molecule has 1 saturated heterocycles. The van der Waals surface area contributed by atoms with E-state index < -0.39 is 0 Å². The fraction of sp³-hybridized carbons (Fsp3) is 0.778. The van der Waals surface area contributed by atoms with Gasteiger partial charge in [0.1, 0.15) is 0 Å². The molecule has 22 heavy (non-hydrogen) atoms. The molecule has 1 rings (SSSR count). The lowest BCUT2D eigenvalue weighted by Gasteiger charge is -2.12. The van der Waals surface area contributed by atoms with Gasteiger partial charge in [-0.25, -0.2) is 0 Å². The second kappa shape index (κ2) is 11.4. The number of carbonyl (C=O) groups is 2. The lowest BCUT2D eigenvalue weighted by Crippen LogP contribution is -2.35. The van der Waals surface area contributed by atoms with Crippen LogP contribution in [0.1, 0.15) is 71.1 Å². The minimum absolute atomic E-state index is 0.0453. The summed E-state index contributed by atoms with van der Waals surface area (Å²) >= 11 is 0. The number of likely N-dealkylation sites (tertiary alicyclic amines) is 1.